The van der Waals surface area contributed by atoms with Crippen molar-refractivity contribution in [3.63, 3.8) is 0 Å². The van der Waals surface area contributed by atoms with Crippen LogP contribution in [-0.4, -0.2) is 47.6 Å². The van der Waals surface area contributed by atoms with Gasteiger partial charge in [-0.25, -0.2) is 27.8 Å². The standard InChI is InChI=1S/C31H27FN6O3S2/c32-23-3-1-2-22(17-23)29(39)38-31-37-27-11-6-20(16-28(27)42-31)4-5-21-18-34-30(35-19-21)36-24-7-9-25(10-8-24)43(40,41)26-12-14-33-15-13-26/h1-11,16-19,26,33H,12-15H2,(H,34,35,36)(H,37,38,39). The van der Waals surface area contributed by atoms with Crippen molar-refractivity contribution in [3.8, 4) is 0 Å². The Morgan fingerprint density at radius 1 is 0.953 bits per heavy atom. The van der Waals surface area contributed by atoms with Gasteiger partial charge in [-0.2, -0.15) is 0 Å². The van der Waals surface area contributed by atoms with Gasteiger partial charge >= 0.3 is 0 Å². The molecule has 0 bridgehead atoms. The maximum atomic E-state index is 13.4. The van der Waals surface area contributed by atoms with Gasteiger partial charge in [-0.05, 0) is 86.1 Å². The molecule has 0 atom stereocenters. The Hall–Kier alpha value is -4.52. The Kier molecular flexibility index (Phi) is 8.23. The third-order valence-corrected chi connectivity index (χ3v) is 10.2. The molecule has 1 fully saturated rings. The second-order valence-corrected chi connectivity index (χ2v) is 13.3. The number of carbonyl (C=O) groups excluding carboxylic acids is 1. The van der Waals surface area contributed by atoms with Gasteiger partial charge in [-0.3, -0.25) is 10.1 Å². The van der Waals surface area contributed by atoms with Crippen molar-refractivity contribution in [2.24, 2.45) is 0 Å². The lowest BCUT2D eigenvalue weighted by Crippen LogP contribution is -2.35. The van der Waals surface area contributed by atoms with E-state index >= 15 is 0 Å². The number of rotatable bonds is 8. The molecule has 3 aromatic carbocycles. The van der Waals surface area contributed by atoms with E-state index in [4.69, 9.17) is 0 Å². The van der Waals surface area contributed by atoms with Gasteiger partial charge in [0, 0.05) is 29.2 Å². The summed E-state index contributed by atoms with van der Waals surface area (Å²) in [5, 5.41) is 9.12. The number of nitrogens with one attached hydrogen (secondary N) is 3. The number of aromatic nitrogens is 3. The van der Waals surface area contributed by atoms with E-state index in [1.807, 2.05) is 30.4 Å². The van der Waals surface area contributed by atoms with E-state index in [2.05, 4.69) is 30.9 Å². The van der Waals surface area contributed by atoms with E-state index in [9.17, 15) is 17.6 Å². The molecule has 0 saturated carbocycles. The molecule has 1 saturated heterocycles. The molecule has 1 aliphatic heterocycles. The van der Waals surface area contributed by atoms with Gasteiger partial charge in [0.1, 0.15) is 5.82 Å². The number of carbonyl (C=O) groups is 1. The molecule has 0 radical (unpaired) electrons. The molecule has 3 N–H and O–H groups in total. The molecule has 3 heterocycles. The number of hydrogen-bond acceptors (Lipinski definition) is 9. The van der Waals surface area contributed by atoms with Crippen LogP contribution < -0.4 is 16.0 Å². The Bertz CT molecular complexity index is 1900. The molecule has 2 aromatic heterocycles. The molecule has 9 nitrogen and oxygen atoms in total. The highest BCUT2D eigenvalue weighted by Gasteiger charge is 2.28. The molecule has 12 heteroatoms. The van der Waals surface area contributed by atoms with Gasteiger partial charge in [0.05, 0.1) is 20.4 Å². The minimum atomic E-state index is -3.35. The number of thiazole rings is 1. The molecule has 1 aliphatic rings. The predicted molar refractivity (Wildman–Crippen MR) is 168 cm³/mol. The van der Waals surface area contributed by atoms with E-state index in [0.717, 1.165) is 34.4 Å². The third-order valence-electron chi connectivity index (χ3n) is 7.02. The van der Waals surface area contributed by atoms with Gasteiger partial charge in [0.15, 0.2) is 15.0 Å². The Balaban J connectivity index is 1.07. The number of amides is 1. The zero-order valence-electron chi connectivity index (χ0n) is 22.8. The lowest BCUT2D eigenvalue weighted by Gasteiger charge is -2.22. The minimum Gasteiger partial charge on any atom is -0.324 e. The number of sulfone groups is 1. The van der Waals surface area contributed by atoms with Crippen LogP contribution in [0, 0.1) is 5.82 Å². The Labute approximate surface area is 251 Å². The number of benzene rings is 3. The van der Waals surface area contributed by atoms with Gasteiger partial charge < -0.3 is 10.6 Å². The lowest BCUT2D eigenvalue weighted by atomic mass is 10.2. The van der Waals surface area contributed by atoms with Crippen molar-refractivity contribution in [3.05, 3.63) is 102 Å². The smallest absolute Gasteiger partial charge is 0.257 e. The van der Waals surface area contributed by atoms with Crippen LogP contribution in [0.25, 0.3) is 22.4 Å². The number of halogens is 1. The van der Waals surface area contributed by atoms with Gasteiger partial charge in [-0.15, -0.1) is 0 Å². The maximum absolute atomic E-state index is 13.4. The topological polar surface area (TPSA) is 126 Å². The summed E-state index contributed by atoms with van der Waals surface area (Å²) in [7, 11) is -3.35. The van der Waals surface area contributed by atoms with Crippen LogP contribution in [0.5, 0.6) is 0 Å². The quantitative estimate of drug-likeness (QED) is 0.197. The zero-order chi connectivity index (χ0) is 29.8. The average Bonchev–Trinajstić information content (AvgIpc) is 3.43. The van der Waals surface area contributed by atoms with E-state index in [-0.39, 0.29) is 10.8 Å². The number of nitrogens with zero attached hydrogens (tertiary/aromatic N) is 3. The number of fused-ring (bicyclic) bond motifs is 1. The lowest BCUT2D eigenvalue weighted by molar-refractivity contribution is 0.102. The van der Waals surface area contributed by atoms with Gasteiger partial charge in [0.2, 0.25) is 5.95 Å². The van der Waals surface area contributed by atoms with Crippen LogP contribution in [0.3, 0.4) is 0 Å². The summed E-state index contributed by atoms with van der Waals surface area (Å²) < 4.78 is 40.2. The predicted octanol–water partition coefficient (Wildman–Crippen LogP) is 5.92. The highest BCUT2D eigenvalue weighted by molar-refractivity contribution is 7.92. The molecular formula is C31H27FN6O3S2. The summed E-state index contributed by atoms with van der Waals surface area (Å²) in [6.45, 7) is 1.44. The van der Waals surface area contributed by atoms with Gasteiger partial charge in [-0.1, -0.05) is 35.6 Å². The first-order valence-corrected chi connectivity index (χ1v) is 16.0. The first-order valence-electron chi connectivity index (χ1n) is 13.6. The van der Waals surface area contributed by atoms with Crippen molar-refractivity contribution >= 4 is 66.2 Å². The van der Waals surface area contributed by atoms with E-state index in [1.54, 1.807) is 42.7 Å². The van der Waals surface area contributed by atoms with Crippen LogP contribution in [0.4, 0.5) is 21.2 Å². The summed E-state index contributed by atoms with van der Waals surface area (Å²) in [6, 6.07) is 17.9. The summed E-state index contributed by atoms with van der Waals surface area (Å²) >= 11 is 1.33. The molecule has 0 unspecified atom stereocenters. The number of piperidine rings is 1. The molecule has 6 rings (SSSR count). The van der Waals surface area contributed by atoms with Crippen molar-refractivity contribution in [1.29, 1.82) is 0 Å². The first kappa shape index (κ1) is 28.6. The molecule has 0 aliphatic carbocycles. The fourth-order valence-corrected chi connectivity index (χ4v) is 7.40. The summed E-state index contributed by atoms with van der Waals surface area (Å²) in [4.78, 5) is 26.0. The molecule has 5 aromatic rings. The van der Waals surface area contributed by atoms with Crippen molar-refractivity contribution in [2.45, 2.75) is 23.0 Å². The maximum Gasteiger partial charge on any atom is 0.257 e. The van der Waals surface area contributed by atoms with E-state index in [1.165, 1.54) is 29.5 Å². The SMILES string of the molecule is O=C(Nc1nc2ccc(C=Cc3cnc(Nc4ccc(S(=O)(=O)C5CCNCC5)cc4)nc3)cc2s1)c1cccc(F)c1. The van der Waals surface area contributed by atoms with E-state index < -0.39 is 21.6 Å². The van der Waals surface area contributed by atoms with Crippen LogP contribution in [0.1, 0.15) is 34.3 Å². The fourth-order valence-electron chi connectivity index (χ4n) is 4.73. The highest BCUT2D eigenvalue weighted by Crippen LogP contribution is 2.28. The zero-order valence-corrected chi connectivity index (χ0v) is 24.5. The molecule has 43 heavy (non-hydrogen) atoms. The second kappa shape index (κ2) is 12.4. The Morgan fingerprint density at radius 3 is 2.44 bits per heavy atom. The Morgan fingerprint density at radius 2 is 1.70 bits per heavy atom. The number of hydrogen-bond donors (Lipinski definition) is 3. The normalized spacial score (nSPS) is 14.3. The molecule has 218 valence electrons. The first-order chi connectivity index (χ1) is 20.8. The van der Waals surface area contributed by atoms with Crippen LogP contribution >= 0.6 is 11.3 Å². The van der Waals surface area contributed by atoms with Crippen molar-refractivity contribution in [1.82, 2.24) is 20.3 Å². The van der Waals surface area contributed by atoms with Crippen LogP contribution in [-0.2, 0) is 9.84 Å². The van der Waals surface area contributed by atoms with Crippen molar-refractivity contribution in [2.75, 3.05) is 23.7 Å². The second-order valence-electron chi connectivity index (χ2n) is 10.0. The summed E-state index contributed by atoms with van der Waals surface area (Å²) in [6.07, 6.45) is 8.43. The van der Waals surface area contributed by atoms with Gasteiger partial charge in [0.25, 0.3) is 5.91 Å². The summed E-state index contributed by atoms with van der Waals surface area (Å²) in [5.41, 5.74) is 3.38. The summed E-state index contributed by atoms with van der Waals surface area (Å²) in [5.74, 6) is -0.503. The van der Waals surface area contributed by atoms with Crippen molar-refractivity contribution < 1.29 is 17.6 Å². The number of anilines is 3. The fraction of sp³-hybridized carbons (Fsp3) is 0.161. The minimum absolute atomic E-state index is 0.225. The van der Waals surface area contributed by atoms with Crippen LogP contribution in [0.15, 0.2) is 84.0 Å². The third kappa shape index (κ3) is 6.77. The molecule has 0 spiro atoms. The molecular weight excluding hydrogens is 588 g/mol. The molecule has 1 amide bonds. The highest BCUT2D eigenvalue weighted by atomic mass is 32.2. The largest absolute Gasteiger partial charge is 0.324 e. The van der Waals surface area contributed by atoms with E-state index in [0.29, 0.717) is 34.5 Å². The average molecular weight is 615 g/mol. The van der Waals surface area contributed by atoms with Crippen LogP contribution in [0.2, 0.25) is 0 Å². The monoisotopic (exact) mass is 614 g/mol.